The first kappa shape index (κ1) is 20.0. The van der Waals surface area contributed by atoms with Crippen molar-refractivity contribution < 1.29 is 18.8 Å². The van der Waals surface area contributed by atoms with E-state index in [2.05, 4.69) is 25.6 Å². The van der Waals surface area contributed by atoms with Gasteiger partial charge in [0.15, 0.2) is 11.6 Å². The van der Waals surface area contributed by atoms with Gasteiger partial charge in [-0.2, -0.15) is 0 Å². The number of Topliss-reactive ketones (excluding diaryl/α,β-unsaturated/α-hetero) is 2. The maximum absolute atomic E-state index is 12.3. The minimum atomic E-state index is -0.176. The summed E-state index contributed by atoms with van der Waals surface area (Å²) in [7, 11) is 0. The van der Waals surface area contributed by atoms with Gasteiger partial charge in [0, 0.05) is 31.2 Å². The van der Waals surface area contributed by atoms with Crippen LogP contribution in [0.3, 0.4) is 0 Å². The number of thiazole rings is 2. The monoisotopic (exact) mass is 419 g/mol. The minimum Gasteiger partial charge on any atom is -0.446 e. The van der Waals surface area contributed by atoms with Crippen LogP contribution in [-0.4, -0.2) is 39.0 Å². The van der Waals surface area contributed by atoms with E-state index in [1.807, 2.05) is 0 Å². The van der Waals surface area contributed by atoms with Gasteiger partial charge in [-0.05, 0) is 0 Å². The molecule has 9 nitrogen and oxygen atoms in total. The van der Waals surface area contributed by atoms with Gasteiger partial charge in [0.25, 0.3) is 0 Å². The molecule has 0 saturated heterocycles. The molecule has 0 aliphatic rings. The number of carbonyl (C=O) groups is 3. The summed E-state index contributed by atoms with van der Waals surface area (Å²) in [6.07, 6.45) is 1.44. The molecule has 3 aromatic rings. The van der Waals surface area contributed by atoms with Crippen molar-refractivity contribution in [2.75, 3.05) is 6.54 Å². The number of hydrogen-bond acceptors (Lipinski definition) is 10. The van der Waals surface area contributed by atoms with Crippen LogP contribution in [0.25, 0.3) is 10.7 Å². The Morgan fingerprint density at radius 2 is 1.82 bits per heavy atom. The van der Waals surface area contributed by atoms with Gasteiger partial charge in [-0.1, -0.05) is 0 Å². The van der Waals surface area contributed by atoms with Crippen molar-refractivity contribution in [1.82, 2.24) is 25.6 Å². The van der Waals surface area contributed by atoms with Crippen molar-refractivity contribution in [2.45, 2.75) is 26.9 Å². The molecule has 0 radical (unpaired) electrons. The highest BCUT2D eigenvalue weighted by molar-refractivity contribution is 7.13. The predicted molar refractivity (Wildman–Crippen MR) is 103 cm³/mol. The molecule has 28 heavy (non-hydrogen) atoms. The lowest BCUT2D eigenvalue weighted by Crippen LogP contribution is -2.22. The van der Waals surface area contributed by atoms with Crippen LogP contribution in [0.5, 0.6) is 0 Å². The summed E-state index contributed by atoms with van der Waals surface area (Å²) in [5.74, 6) is -0.0533. The summed E-state index contributed by atoms with van der Waals surface area (Å²) >= 11 is 2.66. The molecule has 0 bridgehead atoms. The minimum absolute atomic E-state index is 0.0818. The summed E-state index contributed by atoms with van der Waals surface area (Å²) < 4.78 is 5.29. The standard InChI is InChI=1S/C17H17N5O4S2/c1-9(23)12-7-27-16(21-12)5-18-3-14(25)13-8-28-17(22-13)11-6-26-15(20-11)4-19-10(2)24/h6-8,18H,3-5H2,1-2H3,(H,19,24). The van der Waals surface area contributed by atoms with Crippen molar-refractivity contribution in [3.05, 3.63) is 39.3 Å². The van der Waals surface area contributed by atoms with E-state index in [-0.39, 0.29) is 30.6 Å². The summed E-state index contributed by atoms with van der Waals surface area (Å²) in [4.78, 5) is 47.2. The lowest BCUT2D eigenvalue weighted by atomic mass is 10.3. The highest BCUT2D eigenvalue weighted by atomic mass is 32.1. The van der Waals surface area contributed by atoms with Gasteiger partial charge >= 0.3 is 0 Å². The average Bonchev–Trinajstić information content (AvgIpc) is 3.39. The maximum Gasteiger partial charge on any atom is 0.217 e. The highest BCUT2D eigenvalue weighted by Crippen LogP contribution is 2.23. The summed E-state index contributed by atoms with van der Waals surface area (Å²) in [6.45, 7) is 3.57. The number of rotatable bonds is 9. The molecule has 0 atom stereocenters. The van der Waals surface area contributed by atoms with Crippen molar-refractivity contribution in [3.63, 3.8) is 0 Å². The van der Waals surface area contributed by atoms with Crippen molar-refractivity contribution in [3.8, 4) is 10.7 Å². The largest absolute Gasteiger partial charge is 0.446 e. The molecule has 3 heterocycles. The van der Waals surface area contributed by atoms with Crippen LogP contribution in [0.1, 0.15) is 45.7 Å². The quantitative estimate of drug-likeness (QED) is 0.505. The van der Waals surface area contributed by atoms with E-state index in [1.165, 1.54) is 42.8 Å². The van der Waals surface area contributed by atoms with Gasteiger partial charge in [0.1, 0.15) is 33.4 Å². The molecule has 0 fully saturated rings. The molecule has 1 amide bonds. The third-order valence-corrected chi connectivity index (χ3v) is 5.24. The second-order valence-corrected chi connectivity index (χ2v) is 7.58. The second-order valence-electron chi connectivity index (χ2n) is 5.78. The number of nitrogens with zero attached hydrogens (tertiary/aromatic N) is 3. The van der Waals surface area contributed by atoms with Crippen LogP contribution in [0.2, 0.25) is 0 Å². The molecule has 2 N–H and O–H groups in total. The molecule has 146 valence electrons. The van der Waals surface area contributed by atoms with Crippen molar-refractivity contribution in [2.24, 2.45) is 0 Å². The zero-order valence-corrected chi connectivity index (χ0v) is 16.8. The van der Waals surface area contributed by atoms with Crippen LogP contribution >= 0.6 is 22.7 Å². The lowest BCUT2D eigenvalue weighted by Gasteiger charge is -1.99. The molecule has 0 aliphatic carbocycles. The Kier molecular flexibility index (Phi) is 6.39. The average molecular weight is 419 g/mol. The first-order valence-corrected chi connectivity index (χ1v) is 10.0. The van der Waals surface area contributed by atoms with E-state index in [0.717, 1.165) is 5.01 Å². The number of amides is 1. The Morgan fingerprint density at radius 3 is 2.54 bits per heavy atom. The maximum atomic E-state index is 12.3. The fourth-order valence-electron chi connectivity index (χ4n) is 2.14. The van der Waals surface area contributed by atoms with E-state index in [4.69, 9.17) is 4.42 Å². The van der Waals surface area contributed by atoms with E-state index in [9.17, 15) is 14.4 Å². The lowest BCUT2D eigenvalue weighted by molar-refractivity contribution is -0.119. The molecule has 0 unspecified atom stereocenters. The predicted octanol–water partition coefficient (Wildman–Crippen LogP) is 2.07. The Balaban J connectivity index is 1.53. The van der Waals surface area contributed by atoms with Crippen molar-refractivity contribution >= 4 is 40.1 Å². The van der Waals surface area contributed by atoms with Crippen LogP contribution in [0.4, 0.5) is 0 Å². The van der Waals surface area contributed by atoms with Gasteiger partial charge in [-0.25, -0.2) is 15.0 Å². The number of carbonyl (C=O) groups excluding carboxylic acids is 3. The van der Waals surface area contributed by atoms with E-state index in [1.54, 1.807) is 10.8 Å². The topological polar surface area (TPSA) is 127 Å². The third-order valence-electron chi connectivity index (χ3n) is 3.52. The third kappa shape index (κ3) is 5.15. The Hall–Kier alpha value is -2.76. The zero-order chi connectivity index (χ0) is 20.1. The number of hydrogen-bond donors (Lipinski definition) is 2. The second kappa shape index (κ2) is 8.95. The van der Waals surface area contributed by atoms with Crippen LogP contribution in [0.15, 0.2) is 21.4 Å². The van der Waals surface area contributed by atoms with E-state index in [0.29, 0.717) is 34.5 Å². The molecule has 0 aromatic carbocycles. The van der Waals surface area contributed by atoms with E-state index >= 15 is 0 Å². The molecule has 0 saturated carbocycles. The van der Waals surface area contributed by atoms with Crippen molar-refractivity contribution in [1.29, 1.82) is 0 Å². The summed E-state index contributed by atoms with van der Waals surface area (Å²) in [6, 6.07) is 0. The number of nitrogens with one attached hydrogen (secondary N) is 2. The smallest absolute Gasteiger partial charge is 0.217 e. The van der Waals surface area contributed by atoms with Crippen LogP contribution in [-0.2, 0) is 17.9 Å². The van der Waals surface area contributed by atoms with Gasteiger partial charge in [0.2, 0.25) is 11.8 Å². The molecule has 11 heteroatoms. The molecule has 3 aromatic heterocycles. The first-order chi connectivity index (χ1) is 13.4. The van der Waals surface area contributed by atoms with Gasteiger partial charge in [0.05, 0.1) is 13.1 Å². The fourth-order valence-corrected chi connectivity index (χ4v) is 3.71. The zero-order valence-electron chi connectivity index (χ0n) is 15.1. The molecular formula is C17H17N5O4S2. The van der Waals surface area contributed by atoms with Gasteiger partial charge in [-0.15, -0.1) is 22.7 Å². The molecule has 0 spiro atoms. The number of oxazole rings is 1. The van der Waals surface area contributed by atoms with Gasteiger partial charge in [-0.3, -0.25) is 14.4 Å². The Labute approximate surface area is 168 Å². The molecule has 0 aliphatic heterocycles. The first-order valence-electron chi connectivity index (χ1n) is 8.26. The summed E-state index contributed by atoms with van der Waals surface area (Å²) in [5.41, 5.74) is 1.28. The Morgan fingerprint density at radius 1 is 1.04 bits per heavy atom. The van der Waals surface area contributed by atoms with Crippen LogP contribution in [0, 0.1) is 0 Å². The number of ketones is 2. The molecule has 3 rings (SSSR count). The number of aromatic nitrogens is 3. The SMILES string of the molecule is CC(=O)NCc1nc(-c2nc(C(=O)CNCc3nc(C(C)=O)cs3)cs2)co1. The van der Waals surface area contributed by atoms with E-state index < -0.39 is 0 Å². The fraction of sp³-hybridized carbons (Fsp3) is 0.294. The highest BCUT2D eigenvalue weighted by Gasteiger charge is 2.15. The Bertz CT molecular complexity index is 1010. The van der Waals surface area contributed by atoms with Gasteiger partial charge < -0.3 is 15.1 Å². The molecular weight excluding hydrogens is 402 g/mol. The summed E-state index contributed by atoms with van der Waals surface area (Å²) in [5, 5.41) is 10.3. The normalized spacial score (nSPS) is 10.8. The van der Waals surface area contributed by atoms with Crippen LogP contribution < -0.4 is 10.6 Å².